The SMILES string of the molecule is O=C(CCC1CCCNC1)N1CCOCC1CO. The average Bonchev–Trinajstić information content (AvgIpc) is 2.45. The predicted octanol–water partition coefficient (Wildman–Crippen LogP) is -0.0141. The summed E-state index contributed by atoms with van der Waals surface area (Å²) in [6.07, 6.45) is 4.01. The van der Waals surface area contributed by atoms with E-state index in [2.05, 4.69) is 5.32 Å². The Hall–Kier alpha value is -0.650. The van der Waals surface area contributed by atoms with Crippen LogP contribution in [0.2, 0.25) is 0 Å². The summed E-state index contributed by atoms with van der Waals surface area (Å²) >= 11 is 0. The third-order valence-corrected chi connectivity index (χ3v) is 3.92. The molecule has 0 aromatic rings. The number of hydrogen-bond donors (Lipinski definition) is 2. The number of carbonyl (C=O) groups excluding carboxylic acids is 1. The molecule has 0 aromatic carbocycles. The number of amides is 1. The highest BCUT2D eigenvalue weighted by Crippen LogP contribution is 2.18. The van der Waals surface area contributed by atoms with Gasteiger partial charge in [-0.25, -0.2) is 0 Å². The minimum atomic E-state index is -0.143. The largest absolute Gasteiger partial charge is 0.394 e. The summed E-state index contributed by atoms with van der Waals surface area (Å²) in [5.74, 6) is 0.805. The topological polar surface area (TPSA) is 61.8 Å². The summed E-state index contributed by atoms with van der Waals surface area (Å²) in [5, 5.41) is 12.6. The Morgan fingerprint density at radius 1 is 1.50 bits per heavy atom. The van der Waals surface area contributed by atoms with Crippen molar-refractivity contribution in [3.05, 3.63) is 0 Å². The second-order valence-corrected chi connectivity index (χ2v) is 5.25. The summed E-state index contributed by atoms with van der Waals surface area (Å²) in [4.78, 5) is 13.9. The molecule has 5 heteroatoms. The maximum Gasteiger partial charge on any atom is 0.223 e. The van der Waals surface area contributed by atoms with E-state index >= 15 is 0 Å². The Morgan fingerprint density at radius 2 is 2.39 bits per heavy atom. The predicted molar refractivity (Wildman–Crippen MR) is 68.2 cm³/mol. The smallest absolute Gasteiger partial charge is 0.223 e. The molecule has 5 nitrogen and oxygen atoms in total. The van der Waals surface area contributed by atoms with Gasteiger partial charge in [0.2, 0.25) is 5.91 Å². The molecule has 1 amide bonds. The molecule has 0 aromatic heterocycles. The maximum absolute atomic E-state index is 12.1. The molecule has 0 aliphatic carbocycles. The third kappa shape index (κ3) is 3.67. The van der Waals surface area contributed by atoms with E-state index in [0.717, 1.165) is 19.5 Å². The Balaban J connectivity index is 1.75. The fourth-order valence-corrected chi connectivity index (χ4v) is 2.78. The fraction of sp³-hybridized carbons (Fsp3) is 0.923. The average molecular weight is 256 g/mol. The summed E-state index contributed by atoms with van der Waals surface area (Å²) in [5.41, 5.74) is 0. The van der Waals surface area contributed by atoms with Gasteiger partial charge in [0.05, 0.1) is 25.9 Å². The van der Waals surface area contributed by atoms with Gasteiger partial charge in [-0.3, -0.25) is 4.79 Å². The van der Waals surface area contributed by atoms with Gasteiger partial charge in [0.15, 0.2) is 0 Å². The Morgan fingerprint density at radius 3 is 3.11 bits per heavy atom. The first-order valence-corrected chi connectivity index (χ1v) is 7.00. The standard InChI is InChI=1S/C13H24N2O3/c16-9-12-10-18-7-6-15(12)13(17)4-3-11-2-1-5-14-8-11/h11-12,14,16H,1-10H2. The van der Waals surface area contributed by atoms with Crippen molar-refractivity contribution in [1.82, 2.24) is 10.2 Å². The summed E-state index contributed by atoms with van der Waals surface area (Å²) in [6.45, 7) is 3.82. The zero-order chi connectivity index (χ0) is 12.8. The van der Waals surface area contributed by atoms with Crippen molar-refractivity contribution in [2.75, 3.05) is 39.5 Å². The fourth-order valence-electron chi connectivity index (χ4n) is 2.78. The molecule has 2 N–H and O–H groups in total. The number of aliphatic hydroxyl groups is 1. The molecule has 18 heavy (non-hydrogen) atoms. The summed E-state index contributed by atoms with van der Waals surface area (Å²) in [7, 11) is 0. The minimum Gasteiger partial charge on any atom is -0.394 e. The number of carbonyl (C=O) groups is 1. The molecular weight excluding hydrogens is 232 g/mol. The van der Waals surface area contributed by atoms with E-state index in [1.54, 1.807) is 4.90 Å². The van der Waals surface area contributed by atoms with Crippen LogP contribution in [0.5, 0.6) is 0 Å². The lowest BCUT2D eigenvalue weighted by molar-refractivity contribution is -0.141. The van der Waals surface area contributed by atoms with Gasteiger partial charge in [-0.05, 0) is 38.3 Å². The molecule has 2 aliphatic rings. The second kappa shape index (κ2) is 7.07. The molecule has 2 fully saturated rings. The number of nitrogens with zero attached hydrogens (tertiary/aromatic N) is 1. The first kappa shape index (κ1) is 13.8. The lowest BCUT2D eigenvalue weighted by atomic mass is 9.94. The van der Waals surface area contributed by atoms with Crippen LogP contribution in [0.25, 0.3) is 0 Å². The molecule has 2 aliphatic heterocycles. The van der Waals surface area contributed by atoms with Crippen LogP contribution in [0.15, 0.2) is 0 Å². The number of rotatable bonds is 4. The zero-order valence-electron chi connectivity index (χ0n) is 10.9. The first-order valence-electron chi connectivity index (χ1n) is 7.00. The summed E-state index contributed by atoms with van der Waals surface area (Å²) < 4.78 is 5.28. The van der Waals surface area contributed by atoms with Gasteiger partial charge in [0, 0.05) is 13.0 Å². The maximum atomic E-state index is 12.1. The van der Waals surface area contributed by atoms with Crippen molar-refractivity contribution in [2.45, 2.75) is 31.7 Å². The van der Waals surface area contributed by atoms with E-state index in [9.17, 15) is 9.90 Å². The van der Waals surface area contributed by atoms with Crippen LogP contribution in [0.4, 0.5) is 0 Å². The molecule has 2 heterocycles. The molecule has 2 rings (SSSR count). The van der Waals surface area contributed by atoms with Gasteiger partial charge in [-0.2, -0.15) is 0 Å². The molecule has 2 unspecified atom stereocenters. The molecule has 0 saturated carbocycles. The van der Waals surface area contributed by atoms with E-state index < -0.39 is 0 Å². The minimum absolute atomic E-state index is 0.00325. The van der Waals surface area contributed by atoms with Crippen LogP contribution >= 0.6 is 0 Å². The molecule has 104 valence electrons. The number of aliphatic hydroxyl groups excluding tert-OH is 1. The molecule has 0 spiro atoms. The Bertz CT molecular complexity index is 267. The van der Waals surface area contributed by atoms with Gasteiger partial charge < -0.3 is 20.1 Å². The number of ether oxygens (including phenoxy) is 1. The van der Waals surface area contributed by atoms with Crippen molar-refractivity contribution in [2.24, 2.45) is 5.92 Å². The van der Waals surface area contributed by atoms with Crippen molar-refractivity contribution >= 4 is 5.91 Å². The van der Waals surface area contributed by atoms with Gasteiger partial charge in [-0.15, -0.1) is 0 Å². The van der Waals surface area contributed by atoms with E-state index in [0.29, 0.717) is 32.1 Å². The van der Waals surface area contributed by atoms with E-state index in [4.69, 9.17) is 4.74 Å². The van der Waals surface area contributed by atoms with Crippen LogP contribution in [0.3, 0.4) is 0 Å². The molecular formula is C13H24N2O3. The quantitative estimate of drug-likeness (QED) is 0.742. The van der Waals surface area contributed by atoms with Crippen LogP contribution in [-0.2, 0) is 9.53 Å². The number of piperidine rings is 1. The Kier molecular flexibility index (Phi) is 5.41. The van der Waals surface area contributed by atoms with Crippen LogP contribution < -0.4 is 5.32 Å². The summed E-state index contributed by atoms with van der Waals surface area (Å²) in [6, 6.07) is -0.143. The lowest BCUT2D eigenvalue weighted by Crippen LogP contribution is -2.50. The van der Waals surface area contributed by atoms with Gasteiger partial charge >= 0.3 is 0 Å². The van der Waals surface area contributed by atoms with Crippen molar-refractivity contribution < 1.29 is 14.6 Å². The van der Waals surface area contributed by atoms with Crippen molar-refractivity contribution in [3.8, 4) is 0 Å². The van der Waals surface area contributed by atoms with E-state index in [-0.39, 0.29) is 18.6 Å². The van der Waals surface area contributed by atoms with Crippen LogP contribution in [0.1, 0.15) is 25.7 Å². The van der Waals surface area contributed by atoms with Crippen molar-refractivity contribution in [3.63, 3.8) is 0 Å². The Labute approximate surface area is 108 Å². The van der Waals surface area contributed by atoms with E-state index in [1.807, 2.05) is 0 Å². The highest BCUT2D eigenvalue weighted by atomic mass is 16.5. The molecule has 2 atom stereocenters. The normalized spacial score (nSPS) is 29.3. The van der Waals surface area contributed by atoms with Crippen molar-refractivity contribution in [1.29, 1.82) is 0 Å². The van der Waals surface area contributed by atoms with Gasteiger partial charge in [0.1, 0.15) is 0 Å². The third-order valence-electron chi connectivity index (χ3n) is 3.92. The number of morpholine rings is 1. The lowest BCUT2D eigenvalue weighted by Gasteiger charge is -2.35. The molecule has 0 radical (unpaired) electrons. The van der Waals surface area contributed by atoms with Gasteiger partial charge in [-0.1, -0.05) is 0 Å². The van der Waals surface area contributed by atoms with Crippen LogP contribution in [0, 0.1) is 5.92 Å². The van der Waals surface area contributed by atoms with Gasteiger partial charge in [0.25, 0.3) is 0 Å². The number of hydrogen-bond acceptors (Lipinski definition) is 4. The second-order valence-electron chi connectivity index (χ2n) is 5.25. The number of nitrogens with one attached hydrogen (secondary N) is 1. The van der Waals surface area contributed by atoms with Crippen LogP contribution in [-0.4, -0.2) is 61.4 Å². The highest BCUT2D eigenvalue weighted by Gasteiger charge is 2.27. The monoisotopic (exact) mass is 256 g/mol. The zero-order valence-corrected chi connectivity index (χ0v) is 10.9. The van der Waals surface area contributed by atoms with E-state index in [1.165, 1.54) is 12.8 Å². The highest BCUT2D eigenvalue weighted by molar-refractivity contribution is 5.76. The first-order chi connectivity index (χ1) is 8.81. The molecule has 0 bridgehead atoms. The molecule has 2 saturated heterocycles.